The Kier molecular flexibility index (Phi) is 6.49. The largest absolute Gasteiger partial charge is 0.480 e. The maximum atomic E-state index is 11.5. The van der Waals surface area contributed by atoms with Gasteiger partial charge < -0.3 is 20.5 Å². The Balaban J connectivity index is 2.24. The molecule has 6 heteroatoms. The van der Waals surface area contributed by atoms with Gasteiger partial charge in [0.25, 0.3) is 0 Å². The van der Waals surface area contributed by atoms with Crippen LogP contribution >= 0.6 is 0 Å². The molecule has 3 N–H and O–H groups in total. The molecule has 1 saturated heterocycles. The molecule has 6 nitrogen and oxygen atoms in total. The summed E-state index contributed by atoms with van der Waals surface area (Å²) in [7, 11) is 0. The lowest BCUT2D eigenvalue weighted by Gasteiger charge is -2.22. The molecule has 0 spiro atoms. The number of carbonyl (C=O) groups is 2. The number of hydrogen-bond donors (Lipinski definition) is 3. The van der Waals surface area contributed by atoms with Gasteiger partial charge >= 0.3 is 12.0 Å². The van der Waals surface area contributed by atoms with Crippen LogP contribution in [0.25, 0.3) is 0 Å². The summed E-state index contributed by atoms with van der Waals surface area (Å²) >= 11 is 0. The fourth-order valence-corrected chi connectivity index (χ4v) is 1.96. The number of ether oxygens (including phenoxy) is 1. The first-order valence-electron chi connectivity index (χ1n) is 6.48. The van der Waals surface area contributed by atoms with Crippen molar-refractivity contribution in [3.05, 3.63) is 0 Å². The Bertz CT molecular complexity index is 277. The zero-order valence-corrected chi connectivity index (χ0v) is 10.8. The molecule has 1 aliphatic heterocycles. The Labute approximate surface area is 107 Å². The molecule has 104 valence electrons. The van der Waals surface area contributed by atoms with E-state index in [1.807, 2.05) is 6.92 Å². The number of carbonyl (C=O) groups excluding carboxylic acids is 1. The minimum absolute atomic E-state index is 0.332. The van der Waals surface area contributed by atoms with Crippen molar-refractivity contribution in [3.8, 4) is 0 Å². The molecule has 0 radical (unpaired) electrons. The molecule has 0 aromatic rings. The van der Waals surface area contributed by atoms with Crippen molar-refractivity contribution < 1.29 is 19.4 Å². The van der Waals surface area contributed by atoms with Gasteiger partial charge in [-0.3, -0.25) is 0 Å². The second-order valence-corrected chi connectivity index (χ2v) is 4.62. The Morgan fingerprint density at radius 2 is 2.28 bits per heavy atom. The number of nitrogens with one attached hydrogen (secondary N) is 2. The Morgan fingerprint density at radius 1 is 1.50 bits per heavy atom. The summed E-state index contributed by atoms with van der Waals surface area (Å²) in [6, 6.07) is -1.22. The summed E-state index contributed by atoms with van der Waals surface area (Å²) in [6.45, 7) is 3.87. The van der Waals surface area contributed by atoms with Crippen LogP contribution in [0.5, 0.6) is 0 Å². The van der Waals surface area contributed by atoms with Crippen molar-refractivity contribution in [2.24, 2.45) is 5.92 Å². The van der Waals surface area contributed by atoms with Gasteiger partial charge in [0.05, 0.1) is 6.61 Å². The first-order valence-corrected chi connectivity index (χ1v) is 6.48. The maximum Gasteiger partial charge on any atom is 0.326 e. The Hall–Kier alpha value is -1.30. The van der Waals surface area contributed by atoms with Gasteiger partial charge in [-0.2, -0.15) is 0 Å². The number of carboxylic acid groups (broad SMARTS) is 1. The molecule has 0 aromatic heterocycles. The highest BCUT2D eigenvalue weighted by atomic mass is 16.5. The van der Waals surface area contributed by atoms with E-state index in [9.17, 15) is 9.59 Å². The lowest BCUT2D eigenvalue weighted by atomic mass is 10.0. The van der Waals surface area contributed by atoms with Gasteiger partial charge in [0, 0.05) is 13.2 Å². The fourth-order valence-electron chi connectivity index (χ4n) is 1.96. The number of hydrogen-bond acceptors (Lipinski definition) is 3. The fraction of sp³-hybridized carbons (Fsp3) is 0.833. The van der Waals surface area contributed by atoms with E-state index in [0.29, 0.717) is 31.9 Å². The summed E-state index contributed by atoms with van der Waals surface area (Å²) in [5.41, 5.74) is 0. The summed E-state index contributed by atoms with van der Waals surface area (Å²) in [5.74, 6) is -0.660. The monoisotopic (exact) mass is 258 g/mol. The van der Waals surface area contributed by atoms with Gasteiger partial charge in [-0.1, -0.05) is 13.3 Å². The molecule has 2 amide bonds. The maximum absolute atomic E-state index is 11.5. The summed E-state index contributed by atoms with van der Waals surface area (Å²) < 4.78 is 5.31. The number of rotatable bonds is 6. The second-order valence-electron chi connectivity index (χ2n) is 4.62. The third-order valence-corrected chi connectivity index (χ3v) is 2.99. The van der Waals surface area contributed by atoms with Crippen LogP contribution in [0.4, 0.5) is 4.79 Å². The highest BCUT2D eigenvalue weighted by molar-refractivity contribution is 5.82. The number of aliphatic carboxylic acids is 1. The third kappa shape index (κ3) is 5.35. The topological polar surface area (TPSA) is 87.7 Å². The molecule has 0 aromatic carbocycles. The van der Waals surface area contributed by atoms with Crippen LogP contribution in [0.3, 0.4) is 0 Å². The smallest absolute Gasteiger partial charge is 0.326 e. The molecule has 1 heterocycles. The number of amides is 2. The van der Waals surface area contributed by atoms with Crippen molar-refractivity contribution in [1.29, 1.82) is 0 Å². The highest BCUT2D eigenvalue weighted by Crippen LogP contribution is 2.11. The first-order chi connectivity index (χ1) is 8.63. The predicted octanol–water partition coefficient (Wildman–Crippen LogP) is 0.966. The standard InChI is InChI=1S/C12H22N2O4/c1-2-4-10(11(15)16)14-12(17)13-7-9-5-3-6-18-8-9/h9-10H,2-8H2,1H3,(H,15,16)(H2,13,14,17)/t9?,10-/m1/s1. The number of carboxylic acids is 1. The van der Waals surface area contributed by atoms with Crippen LogP contribution in [0.15, 0.2) is 0 Å². The van der Waals surface area contributed by atoms with E-state index in [1.54, 1.807) is 0 Å². The SMILES string of the molecule is CCC[C@@H](NC(=O)NCC1CCCOC1)C(=O)O. The molecule has 2 atom stereocenters. The lowest BCUT2D eigenvalue weighted by molar-refractivity contribution is -0.139. The molecule has 0 bridgehead atoms. The molecule has 1 unspecified atom stereocenters. The van der Waals surface area contributed by atoms with Crippen molar-refractivity contribution in [1.82, 2.24) is 10.6 Å². The van der Waals surface area contributed by atoms with E-state index in [2.05, 4.69) is 10.6 Å². The lowest BCUT2D eigenvalue weighted by Crippen LogP contribution is -2.47. The predicted molar refractivity (Wildman–Crippen MR) is 66.4 cm³/mol. The van der Waals surface area contributed by atoms with Crippen LogP contribution in [0, 0.1) is 5.92 Å². The molecule has 18 heavy (non-hydrogen) atoms. The summed E-state index contributed by atoms with van der Waals surface area (Å²) in [4.78, 5) is 22.4. The minimum atomic E-state index is -0.993. The van der Waals surface area contributed by atoms with E-state index in [0.717, 1.165) is 19.4 Å². The molecule has 1 rings (SSSR count). The zero-order valence-electron chi connectivity index (χ0n) is 10.8. The molecule has 0 saturated carbocycles. The van der Waals surface area contributed by atoms with Crippen molar-refractivity contribution >= 4 is 12.0 Å². The van der Waals surface area contributed by atoms with Crippen LogP contribution in [-0.4, -0.2) is 42.9 Å². The third-order valence-electron chi connectivity index (χ3n) is 2.99. The average Bonchev–Trinajstić information content (AvgIpc) is 2.37. The van der Waals surface area contributed by atoms with Gasteiger partial charge in [0.1, 0.15) is 6.04 Å². The second kappa shape index (κ2) is 7.92. The van der Waals surface area contributed by atoms with Crippen LogP contribution in [-0.2, 0) is 9.53 Å². The van der Waals surface area contributed by atoms with Gasteiger partial charge in [-0.15, -0.1) is 0 Å². The normalized spacial score (nSPS) is 21.1. The molecular formula is C12H22N2O4. The van der Waals surface area contributed by atoms with Gasteiger partial charge in [-0.25, -0.2) is 9.59 Å². The van der Waals surface area contributed by atoms with Gasteiger partial charge in [0.2, 0.25) is 0 Å². The van der Waals surface area contributed by atoms with Crippen LogP contribution in [0.1, 0.15) is 32.6 Å². The molecular weight excluding hydrogens is 236 g/mol. The van der Waals surface area contributed by atoms with Crippen molar-refractivity contribution in [2.75, 3.05) is 19.8 Å². The zero-order chi connectivity index (χ0) is 13.4. The number of urea groups is 1. The van der Waals surface area contributed by atoms with E-state index in [-0.39, 0.29) is 0 Å². The van der Waals surface area contributed by atoms with E-state index < -0.39 is 18.0 Å². The van der Waals surface area contributed by atoms with Crippen LogP contribution in [0.2, 0.25) is 0 Å². The van der Waals surface area contributed by atoms with Gasteiger partial charge in [-0.05, 0) is 25.2 Å². The summed E-state index contributed by atoms with van der Waals surface area (Å²) in [6.07, 6.45) is 3.21. The van der Waals surface area contributed by atoms with E-state index in [4.69, 9.17) is 9.84 Å². The van der Waals surface area contributed by atoms with E-state index in [1.165, 1.54) is 0 Å². The molecule has 1 aliphatic rings. The van der Waals surface area contributed by atoms with Crippen molar-refractivity contribution in [2.45, 2.75) is 38.6 Å². The molecule has 1 fully saturated rings. The molecule has 0 aliphatic carbocycles. The highest BCUT2D eigenvalue weighted by Gasteiger charge is 2.20. The average molecular weight is 258 g/mol. The van der Waals surface area contributed by atoms with E-state index >= 15 is 0 Å². The van der Waals surface area contributed by atoms with Gasteiger partial charge in [0.15, 0.2) is 0 Å². The van der Waals surface area contributed by atoms with Crippen LogP contribution < -0.4 is 10.6 Å². The van der Waals surface area contributed by atoms with Crippen molar-refractivity contribution in [3.63, 3.8) is 0 Å². The quantitative estimate of drug-likeness (QED) is 0.662. The minimum Gasteiger partial charge on any atom is -0.480 e. The Morgan fingerprint density at radius 3 is 2.83 bits per heavy atom. The first kappa shape index (κ1) is 14.8. The summed E-state index contributed by atoms with van der Waals surface area (Å²) in [5, 5.41) is 14.1.